The van der Waals surface area contributed by atoms with Crippen molar-refractivity contribution in [1.29, 1.82) is 0 Å². The van der Waals surface area contributed by atoms with E-state index >= 15 is 0 Å². The van der Waals surface area contributed by atoms with E-state index in [1.165, 1.54) is 6.92 Å². The SMILES string of the molecule is CCC[C@@]1(C)OC/C(=C\c2ccccc2)CO[C@@H]([C@@H](C)N(C)CC)[C@](C)(O)[C@@H](CC)OC(=O)C(C)C(=O)[C@H](C)[C@H]1O[C@@H]1O[C@H](C)C[C@H](N(C)C)[C@H]1O. The van der Waals surface area contributed by atoms with Crippen LogP contribution in [0.2, 0.25) is 0 Å². The molecule has 0 spiro atoms. The molecule has 296 valence electrons. The highest BCUT2D eigenvalue weighted by Crippen LogP contribution is 2.37. The van der Waals surface area contributed by atoms with Gasteiger partial charge in [-0.05, 0) is 92.7 Å². The third-order valence-corrected chi connectivity index (χ3v) is 11.3. The number of hydrogen-bond donors (Lipinski definition) is 2. The summed E-state index contributed by atoms with van der Waals surface area (Å²) in [6.07, 6.45) is -0.743. The number of carbonyl (C=O) groups is 2. The van der Waals surface area contributed by atoms with Crippen molar-refractivity contribution in [3.05, 3.63) is 41.5 Å². The van der Waals surface area contributed by atoms with Gasteiger partial charge in [-0.2, -0.15) is 0 Å². The molecule has 2 fully saturated rings. The summed E-state index contributed by atoms with van der Waals surface area (Å²) in [6, 6.07) is 9.38. The van der Waals surface area contributed by atoms with Crippen molar-refractivity contribution in [2.75, 3.05) is 40.9 Å². The molecule has 11 heteroatoms. The lowest BCUT2D eigenvalue weighted by Crippen LogP contribution is -2.60. The summed E-state index contributed by atoms with van der Waals surface area (Å²) in [5.41, 5.74) is -0.915. The van der Waals surface area contributed by atoms with Gasteiger partial charge in [-0.15, -0.1) is 0 Å². The highest BCUT2D eigenvalue weighted by atomic mass is 16.7. The number of esters is 1. The zero-order valence-electron chi connectivity index (χ0n) is 33.8. The molecule has 1 unspecified atom stereocenters. The summed E-state index contributed by atoms with van der Waals surface area (Å²) < 4.78 is 32.6. The van der Waals surface area contributed by atoms with Crippen molar-refractivity contribution in [1.82, 2.24) is 9.80 Å². The van der Waals surface area contributed by atoms with Gasteiger partial charge < -0.3 is 43.7 Å². The Morgan fingerprint density at radius 2 is 1.69 bits per heavy atom. The van der Waals surface area contributed by atoms with Crippen LogP contribution in [-0.2, 0) is 33.3 Å². The van der Waals surface area contributed by atoms with Crippen LogP contribution < -0.4 is 0 Å². The largest absolute Gasteiger partial charge is 0.459 e. The maximum atomic E-state index is 14.4. The van der Waals surface area contributed by atoms with Crippen LogP contribution in [0.4, 0.5) is 0 Å². The molecule has 2 N–H and O–H groups in total. The molecular weight excluding hydrogens is 664 g/mol. The molecule has 0 amide bonds. The molecule has 2 aliphatic rings. The van der Waals surface area contributed by atoms with Gasteiger partial charge >= 0.3 is 5.97 Å². The number of Topliss-reactive ketones (excluding diaryl/α,β-unsaturated/α-hetero) is 1. The molecule has 3 rings (SSSR count). The summed E-state index contributed by atoms with van der Waals surface area (Å²) in [6.45, 7) is 17.6. The standard InChI is InChI=1S/C41H68N2O9/c1-13-21-40(8)36(52-39-35(45)32(42(10)11)22-26(4)50-39)27(5)34(44)28(6)38(46)51-33(14-2)41(9,47)37(29(7)43(12)15-3)48-24-31(25-49-40)23-30-19-17-16-18-20-30/h16-20,23,26-29,32-33,35-37,39,45,47H,13-15,21-22,24-25H2,1-12H3/b31-23-/t26-,27+,28?,29-,32+,33-,35-,36-,37+,39+,40-,41-/m1/s1. The van der Waals surface area contributed by atoms with Gasteiger partial charge in [0.15, 0.2) is 12.1 Å². The third-order valence-electron chi connectivity index (χ3n) is 11.3. The summed E-state index contributed by atoms with van der Waals surface area (Å²) >= 11 is 0. The van der Waals surface area contributed by atoms with Gasteiger partial charge in [0.2, 0.25) is 0 Å². The van der Waals surface area contributed by atoms with E-state index in [0.29, 0.717) is 32.2 Å². The maximum absolute atomic E-state index is 14.4. The van der Waals surface area contributed by atoms with Crippen LogP contribution in [0.5, 0.6) is 0 Å². The minimum Gasteiger partial charge on any atom is -0.459 e. The normalized spacial score (nSPS) is 37.5. The lowest BCUT2D eigenvalue weighted by Gasteiger charge is -2.46. The highest BCUT2D eigenvalue weighted by molar-refractivity contribution is 6.00. The number of benzene rings is 1. The second kappa shape index (κ2) is 19.4. The highest BCUT2D eigenvalue weighted by Gasteiger charge is 2.50. The fraction of sp³-hybridized carbons (Fsp3) is 0.756. The Morgan fingerprint density at radius 1 is 1.04 bits per heavy atom. The maximum Gasteiger partial charge on any atom is 0.316 e. The Bertz CT molecular complexity index is 1310. The van der Waals surface area contributed by atoms with Gasteiger partial charge in [0.25, 0.3) is 0 Å². The van der Waals surface area contributed by atoms with E-state index in [-0.39, 0.29) is 37.2 Å². The van der Waals surface area contributed by atoms with Crippen LogP contribution in [0.25, 0.3) is 6.08 Å². The first kappa shape index (κ1) is 44.2. The quantitative estimate of drug-likeness (QED) is 0.246. The number of ketones is 1. The predicted molar refractivity (Wildman–Crippen MR) is 203 cm³/mol. The molecule has 0 radical (unpaired) electrons. The molecule has 1 aromatic rings. The second-order valence-electron chi connectivity index (χ2n) is 15.7. The Labute approximate surface area is 313 Å². The number of cyclic esters (lactones) is 1. The molecule has 0 saturated carbocycles. The number of aliphatic hydroxyl groups is 2. The van der Waals surface area contributed by atoms with Crippen LogP contribution in [0, 0.1) is 11.8 Å². The van der Waals surface area contributed by atoms with E-state index in [1.807, 2.05) is 104 Å². The van der Waals surface area contributed by atoms with Gasteiger partial charge in [0.1, 0.15) is 29.8 Å². The van der Waals surface area contributed by atoms with Crippen LogP contribution >= 0.6 is 0 Å². The van der Waals surface area contributed by atoms with Gasteiger partial charge in [0.05, 0.1) is 31.0 Å². The number of hydrogen-bond acceptors (Lipinski definition) is 11. The Morgan fingerprint density at radius 3 is 2.27 bits per heavy atom. The van der Waals surface area contributed by atoms with E-state index in [0.717, 1.165) is 11.1 Å². The molecule has 2 heterocycles. The lowest BCUT2D eigenvalue weighted by atomic mass is 9.80. The average molecular weight is 733 g/mol. The number of aliphatic hydroxyl groups excluding tert-OH is 1. The minimum absolute atomic E-state index is 0.118. The van der Waals surface area contributed by atoms with E-state index in [4.69, 9.17) is 23.7 Å². The number of carbonyl (C=O) groups excluding carboxylic acids is 2. The van der Waals surface area contributed by atoms with Gasteiger partial charge in [-0.3, -0.25) is 9.59 Å². The molecule has 0 aromatic heterocycles. The molecular formula is C41H68N2O9. The van der Waals surface area contributed by atoms with E-state index in [9.17, 15) is 19.8 Å². The zero-order chi connectivity index (χ0) is 39.0. The summed E-state index contributed by atoms with van der Waals surface area (Å²) in [5.74, 6) is -3.15. The van der Waals surface area contributed by atoms with Crippen molar-refractivity contribution >= 4 is 17.8 Å². The number of ether oxygens (including phenoxy) is 5. The zero-order valence-corrected chi connectivity index (χ0v) is 33.8. The lowest BCUT2D eigenvalue weighted by molar-refractivity contribution is -0.296. The van der Waals surface area contributed by atoms with Crippen LogP contribution in [0.15, 0.2) is 35.9 Å². The summed E-state index contributed by atoms with van der Waals surface area (Å²) in [5, 5.41) is 23.7. The van der Waals surface area contributed by atoms with Gasteiger partial charge in [-0.1, -0.05) is 70.5 Å². The Hall–Kier alpha value is -2.22. The first-order valence-electron chi connectivity index (χ1n) is 19.2. The molecule has 2 aliphatic heterocycles. The topological polar surface area (TPSA) is 127 Å². The average Bonchev–Trinajstić information content (AvgIpc) is 3.11. The number of nitrogens with zero attached hydrogens (tertiary/aromatic N) is 2. The monoisotopic (exact) mass is 732 g/mol. The van der Waals surface area contributed by atoms with Crippen molar-refractivity contribution in [3.63, 3.8) is 0 Å². The second-order valence-corrected chi connectivity index (χ2v) is 15.7. The van der Waals surface area contributed by atoms with Crippen molar-refractivity contribution in [2.45, 2.75) is 148 Å². The predicted octanol–water partition coefficient (Wildman–Crippen LogP) is 5.11. The molecule has 11 nitrogen and oxygen atoms in total. The van der Waals surface area contributed by atoms with Crippen molar-refractivity contribution < 1.29 is 43.5 Å². The van der Waals surface area contributed by atoms with E-state index < -0.39 is 59.7 Å². The van der Waals surface area contributed by atoms with Crippen molar-refractivity contribution in [3.8, 4) is 0 Å². The third kappa shape index (κ3) is 10.7. The van der Waals surface area contributed by atoms with Crippen LogP contribution in [-0.4, -0.2) is 133 Å². The first-order chi connectivity index (χ1) is 24.4. The molecule has 12 atom stereocenters. The molecule has 1 aromatic carbocycles. The number of rotatable bonds is 10. The Balaban J connectivity index is 2.20. The van der Waals surface area contributed by atoms with E-state index in [1.54, 1.807) is 13.8 Å². The molecule has 2 saturated heterocycles. The van der Waals surface area contributed by atoms with Crippen LogP contribution in [0.1, 0.15) is 93.6 Å². The van der Waals surface area contributed by atoms with Gasteiger partial charge in [-0.25, -0.2) is 0 Å². The summed E-state index contributed by atoms with van der Waals surface area (Å²) in [7, 11) is 5.78. The Kier molecular flexibility index (Phi) is 16.5. The smallest absolute Gasteiger partial charge is 0.316 e. The molecule has 0 bridgehead atoms. The summed E-state index contributed by atoms with van der Waals surface area (Å²) in [4.78, 5) is 32.2. The van der Waals surface area contributed by atoms with Gasteiger partial charge in [0, 0.05) is 18.0 Å². The molecule has 0 aliphatic carbocycles. The number of likely N-dealkylation sites (N-methyl/N-ethyl adjacent to an activating group) is 2. The molecule has 52 heavy (non-hydrogen) atoms. The first-order valence-corrected chi connectivity index (χ1v) is 19.2. The van der Waals surface area contributed by atoms with E-state index in [2.05, 4.69) is 4.90 Å². The minimum atomic E-state index is -1.61. The fourth-order valence-electron chi connectivity index (χ4n) is 7.76. The van der Waals surface area contributed by atoms with Crippen LogP contribution in [0.3, 0.4) is 0 Å². The van der Waals surface area contributed by atoms with Crippen molar-refractivity contribution in [2.24, 2.45) is 11.8 Å². The fourth-order valence-corrected chi connectivity index (χ4v) is 7.76.